The Bertz CT molecular complexity index is 339. The van der Waals surface area contributed by atoms with Gasteiger partial charge in [0.2, 0.25) is 0 Å². The van der Waals surface area contributed by atoms with Gasteiger partial charge in [0, 0.05) is 11.9 Å². The molecule has 0 saturated carbocycles. The Morgan fingerprint density at radius 1 is 1.53 bits per heavy atom. The number of anilines is 1. The Balaban J connectivity index is 2.25. The number of hydrogen-bond donors (Lipinski definition) is 2. The largest absolute Gasteiger partial charge is 0.464 e. The fourth-order valence-corrected chi connectivity index (χ4v) is 0.930. The summed E-state index contributed by atoms with van der Waals surface area (Å²) in [5.41, 5.74) is 6.61. The van der Waals surface area contributed by atoms with Crippen molar-refractivity contribution in [1.29, 1.82) is 0 Å². The van der Waals surface area contributed by atoms with Crippen LogP contribution in [-0.2, 0) is 9.53 Å². The van der Waals surface area contributed by atoms with Gasteiger partial charge in [-0.15, -0.1) is 0 Å². The summed E-state index contributed by atoms with van der Waals surface area (Å²) < 4.78 is 4.45. The minimum atomic E-state index is 0.249. The van der Waals surface area contributed by atoms with Crippen LogP contribution in [0.2, 0.25) is 0 Å². The maximum Gasteiger partial charge on any atom is 0.293 e. The average Bonchev–Trinajstić information content (AvgIpc) is 2.23. The maximum atomic E-state index is 9.79. The number of carbonyl (C=O) groups is 1. The molecule has 80 valence electrons. The van der Waals surface area contributed by atoms with E-state index >= 15 is 0 Å². The molecule has 0 amide bonds. The molecule has 0 aliphatic rings. The van der Waals surface area contributed by atoms with Gasteiger partial charge in [0.15, 0.2) is 0 Å². The van der Waals surface area contributed by atoms with Crippen molar-refractivity contribution in [1.82, 2.24) is 10.4 Å². The zero-order valence-corrected chi connectivity index (χ0v) is 8.43. The summed E-state index contributed by atoms with van der Waals surface area (Å²) in [6, 6.07) is 5.67. The summed E-state index contributed by atoms with van der Waals surface area (Å²) in [5.74, 6) is 0.732. The lowest BCUT2D eigenvalue weighted by atomic mass is 10.4. The molecule has 2 N–H and O–H groups in total. The molecule has 15 heavy (non-hydrogen) atoms. The molecule has 0 fully saturated rings. The van der Waals surface area contributed by atoms with Crippen LogP contribution >= 0.6 is 0 Å². The third kappa shape index (κ3) is 4.66. The number of carbonyl (C=O) groups excluding carboxylic acids is 1. The van der Waals surface area contributed by atoms with Crippen LogP contribution in [0.5, 0.6) is 0 Å². The summed E-state index contributed by atoms with van der Waals surface area (Å²) in [7, 11) is 0. The normalized spacial score (nSPS) is 9.93. The van der Waals surface area contributed by atoms with E-state index in [4.69, 9.17) is 0 Å². The van der Waals surface area contributed by atoms with Crippen LogP contribution in [-0.4, -0.2) is 18.1 Å². The van der Waals surface area contributed by atoms with E-state index in [-0.39, 0.29) is 6.61 Å². The van der Waals surface area contributed by atoms with Crippen LogP contribution < -0.4 is 10.9 Å². The van der Waals surface area contributed by atoms with Gasteiger partial charge in [-0.2, -0.15) is 0 Å². The number of aromatic nitrogens is 1. The summed E-state index contributed by atoms with van der Waals surface area (Å²) in [6.45, 7) is 2.57. The van der Waals surface area contributed by atoms with E-state index in [0.717, 1.165) is 11.5 Å². The van der Waals surface area contributed by atoms with Crippen molar-refractivity contribution in [2.45, 2.75) is 6.92 Å². The molecule has 0 saturated heterocycles. The lowest BCUT2D eigenvalue weighted by molar-refractivity contribution is -0.127. The number of rotatable bonds is 6. The van der Waals surface area contributed by atoms with Crippen molar-refractivity contribution in [3.8, 4) is 0 Å². The Hall–Kier alpha value is -2.04. The summed E-state index contributed by atoms with van der Waals surface area (Å²) in [4.78, 5) is 14.0. The Morgan fingerprint density at radius 2 is 2.40 bits per heavy atom. The van der Waals surface area contributed by atoms with E-state index < -0.39 is 0 Å². The molecule has 0 unspecified atom stereocenters. The quantitative estimate of drug-likeness (QED) is 0.414. The van der Waals surface area contributed by atoms with E-state index in [2.05, 4.69) is 20.6 Å². The molecule has 5 heteroatoms. The standard InChI is InChI=1S/C10H13N3O2/c1-9-4-2-5-10(12-9)13-11-6-3-7-15-8-14/h2-6,8,11H,7H2,1H3,(H,12,13)/b6-3+. The molecule has 1 aromatic heterocycles. The second kappa shape index (κ2) is 6.42. The van der Waals surface area contributed by atoms with Gasteiger partial charge in [-0.25, -0.2) is 4.98 Å². The molecule has 0 aromatic carbocycles. The van der Waals surface area contributed by atoms with Crippen molar-refractivity contribution < 1.29 is 9.53 Å². The predicted octanol–water partition coefficient (Wildman–Crippen LogP) is 0.993. The van der Waals surface area contributed by atoms with Gasteiger partial charge < -0.3 is 10.2 Å². The Morgan fingerprint density at radius 3 is 3.13 bits per heavy atom. The average molecular weight is 207 g/mol. The van der Waals surface area contributed by atoms with Crippen molar-refractivity contribution in [2.24, 2.45) is 0 Å². The zero-order valence-electron chi connectivity index (χ0n) is 8.43. The monoisotopic (exact) mass is 207 g/mol. The van der Waals surface area contributed by atoms with E-state index in [1.54, 1.807) is 12.3 Å². The number of aryl methyl sites for hydroxylation is 1. The van der Waals surface area contributed by atoms with Crippen LogP contribution in [0.3, 0.4) is 0 Å². The highest BCUT2D eigenvalue weighted by molar-refractivity contribution is 5.37. The molecule has 0 atom stereocenters. The van der Waals surface area contributed by atoms with Gasteiger partial charge in [-0.3, -0.25) is 10.2 Å². The molecule has 0 aliphatic heterocycles. The molecule has 0 radical (unpaired) electrons. The van der Waals surface area contributed by atoms with E-state index in [9.17, 15) is 4.79 Å². The van der Waals surface area contributed by atoms with E-state index in [1.807, 2.05) is 25.1 Å². The molecular weight excluding hydrogens is 194 g/mol. The Labute approximate surface area is 88.1 Å². The van der Waals surface area contributed by atoms with Crippen molar-refractivity contribution >= 4 is 12.3 Å². The van der Waals surface area contributed by atoms with Crippen LogP contribution in [0.1, 0.15) is 5.69 Å². The number of pyridine rings is 1. The minimum Gasteiger partial charge on any atom is -0.464 e. The number of hydrogen-bond acceptors (Lipinski definition) is 5. The molecule has 1 rings (SSSR count). The van der Waals surface area contributed by atoms with Crippen LogP contribution in [0.4, 0.5) is 5.82 Å². The molecular formula is C10H13N3O2. The van der Waals surface area contributed by atoms with Gasteiger partial charge in [0.25, 0.3) is 6.47 Å². The Kier molecular flexibility index (Phi) is 4.72. The molecule has 0 bridgehead atoms. The number of nitrogens with one attached hydrogen (secondary N) is 2. The number of ether oxygens (including phenoxy) is 1. The first-order valence-electron chi connectivity index (χ1n) is 4.48. The smallest absolute Gasteiger partial charge is 0.293 e. The van der Waals surface area contributed by atoms with Crippen LogP contribution in [0.15, 0.2) is 30.5 Å². The van der Waals surface area contributed by atoms with Crippen LogP contribution in [0, 0.1) is 6.92 Å². The van der Waals surface area contributed by atoms with E-state index in [0.29, 0.717) is 6.47 Å². The van der Waals surface area contributed by atoms with Gasteiger partial charge in [-0.05, 0) is 25.1 Å². The topological polar surface area (TPSA) is 63.2 Å². The third-order valence-corrected chi connectivity index (χ3v) is 1.55. The minimum absolute atomic E-state index is 0.249. The molecule has 0 aliphatic carbocycles. The fourth-order valence-electron chi connectivity index (χ4n) is 0.930. The molecule has 0 spiro atoms. The van der Waals surface area contributed by atoms with Crippen molar-refractivity contribution in [3.05, 3.63) is 36.2 Å². The molecule has 1 aromatic rings. The van der Waals surface area contributed by atoms with Crippen molar-refractivity contribution in [3.63, 3.8) is 0 Å². The number of nitrogens with zero attached hydrogens (tertiary/aromatic N) is 1. The lowest BCUT2D eigenvalue weighted by Crippen LogP contribution is -2.15. The van der Waals surface area contributed by atoms with Crippen molar-refractivity contribution in [2.75, 3.05) is 12.0 Å². The van der Waals surface area contributed by atoms with Gasteiger partial charge in [0.05, 0.1) is 0 Å². The summed E-state index contributed by atoms with van der Waals surface area (Å²) >= 11 is 0. The predicted molar refractivity (Wildman–Crippen MR) is 56.9 cm³/mol. The SMILES string of the molecule is Cc1cccc(NN/C=C/COC=O)n1. The lowest BCUT2D eigenvalue weighted by Gasteiger charge is -2.04. The highest BCUT2D eigenvalue weighted by atomic mass is 16.5. The highest BCUT2D eigenvalue weighted by Crippen LogP contribution is 2.01. The fraction of sp³-hybridized carbons (Fsp3) is 0.200. The first-order valence-corrected chi connectivity index (χ1v) is 4.48. The van der Waals surface area contributed by atoms with Gasteiger partial charge in [0.1, 0.15) is 12.4 Å². The highest BCUT2D eigenvalue weighted by Gasteiger charge is 1.89. The number of hydrazine groups is 1. The van der Waals surface area contributed by atoms with Gasteiger partial charge >= 0.3 is 0 Å². The maximum absolute atomic E-state index is 9.79. The van der Waals surface area contributed by atoms with Gasteiger partial charge in [-0.1, -0.05) is 6.07 Å². The second-order valence-corrected chi connectivity index (χ2v) is 2.77. The first-order chi connectivity index (χ1) is 7.33. The zero-order chi connectivity index (χ0) is 10.9. The van der Waals surface area contributed by atoms with Crippen LogP contribution in [0.25, 0.3) is 0 Å². The molecule has 5 nitrogen and oxygen atoms in total. The second-order valence-electron chi connectivity index (χ2n) is 2.77. The summed E-state index contributed by atoms with van der Waals surface area (Å²) in [5, 5.41) is 0. The third-order valence-electron chi connectivity index (χ3n) is 1.55. The summed E-state index contributed by atoms with van der Waals surface area (Å²) in [6.07, 6.45) is 3.30. The first kappa shape index (κ1) is 11.0. The van der Waals surface area contributed by atoms with E-state index in [1.165, 1.54) is 0 Å². The molecule has 1 heterocycles.